The number of nitrogens with one attached hydrogen (secondary N) is 1. The summed E-state index contributed by atoms with van der Waals surface area (Å²) in [6.45, 7) is 8.07. The predicted molar refractivity (Wildman–Crippen MR) is 126 cm³/mol. The van der Waals surface area contributed by atoms with Crippen LogP contribution in [0.25, 0.3) is 17.0 Å². The average molecular weight is 434 g/mol. The number of rotatable bonds is 7. The summed E-state index contributed by atoms with van der Waals surface area (Å²) in [7, 11) is 0. The summed E-state index contributed by atoms with van der Waals surface area (Å²) >= 11 is 0. The lowest BCUT2D eigenvalue weighted by Crippen LogP contribution is -2.31. The molecule has 2 aliphatic rings. The standard InChI is InChI=1S/C27H29F2N3/c1-3-10-25(32-17-8-5-9-18-32)23(4-2)30-26(19-13-14-19)24-16-15-22(29)27(31-24)20-11-6-7-12-21(20)28/h3-4,6-7,10-12,15-16,30H,2,5,8-9,13-14,17-18H2,1H3/b10-3-,25-23-. The molecular weight excluding hydrogens is 404 g/mol. The smallest absolute Gasteiger partial charge is 0.149 e. The van der Waals surface area contributed by atoms with E-state index in [0.29, 0.717) is 5.69 Å². The molecule has 2 heterocycles. The highest BCUT2D eigenvalue weighted by molar-refractivity contribution is 5.72. The zero-order chi connectivity index (χ0) is 22.5. The topological polar surface area (TPSA) is 28.2 Å². The third kappa shape index (κ3) is 4.82. The third-order valence-electron chi connectivity index (χ3n) is 5.85. The van der Waals surface area contributed by atoms with Crippen LogP contribution in [-0.4, -0.2) is 23.0 Å². The maximum absolute atomic E-state index is 14.6. The Kier molecular flexibility index (Phi) is 6.84. The van der Waals surface area contributed by atoms with Crippen molar-refractivity contribution in [1.29, 1.82) is 0 Å². The molecule has 1 aliphatic carbocycles. The molecule has 2 aromatic rings. The molecule has 1 aromatic heterocycles. The number of piperidine rings is 1. The Morgan fingerprint density at radius 3 is 2.44 bits per heavy atom. The summed E-state index contributed by atoms with van der Waals surface area (Å²) in [5, 5.41) is 3.55. The van der Waals surface area contributed by atoms with Gasteiger partial charge in [0.05, 0.1) is 22.8 Å². The molecule has 2 fully saturated rings. The molecule has 0 radical (unpaired) electrons. The van der Waals surface area contributed by atoms with E-state index in [2.05, 4.69) is 27.9 Å². The van der Waals surface area contributed by atoms with Crippen LogP contribution in [0.3, 0.4) is 0 Å². The van der Waals surface area contributed by atoms with E-state index >= 15 is 0 Å². The molecule has 166 valence electrons. The van der Waals surface area contributed by atoms with Crippen molar-refractivity contribution in [3.05, 3.63) is 95.5 Å². The van der Waals surface area contributed by atoms with E-state index < -0.39 is 11.6 Å². The van der Waals surface area contributed by atoms with Gasteiger partial charge in [-0.1, -0.05) is 24.8 Å². The van der Waals surface area contributed by atoms with E-state index in [1.807, 2.05) is 19.1 Å². The van der Waals surface area contributed by atoms with Gasteiger partial charge in [-0.05, 0) is 81.0 Å². The van der Waals surface area contributed by atoms with E-state index in [0.717, 1.165) is 43.0 Å². The summed E-state index contributed by atoms with van der Waals surface area (Å²) in [5.41, 5.74) is 4.87. The number of halogens is 2. The predicted octanol–water partition coefficient (Wildman–Crippen LogP) is 6.58. The Balaban J connectivity index is 1.74. The second-order valence-corrected chi connectivity index (χ2v) is 8.16. The molecule has 0 amide bonds. The minimum Gasteiger partial charge on any atom is -0.370 e. The Hall–Kier alpha value is -3.21. The number of pyridine rings is 1. The van der Waals surface area contributed by atoms with Crippen molar-refractivity contribution in [3.8, 4) is 11.3 Å². The van der Waals surface area contributed by atoms with E-state index in [4.69, 9.17) is 0 Å². The zero-order valence-corrected chi connectivity index (χ0v) is 18.5. The fourth-order valence-electron chi connectivity index (χ4n) is 4.08. The monoisotopic (exact) mass is 433 g/mol. The number of hydrogen-bond acceptors (Lipinski definition) is 3. The van der Waals surface area contributed by atoms with Crippen molar-refractivity contribution in [2.24, 2.45) is 0 Å². The fourth-order valence-corrected chi connectivity index (χ4v) is 4.08. The Bertz CT molecular complexity index is 1090. The van der Waals surface area contributed by atoms with Crippen molar-refractivity contribution in [2.45, 2.75) is 39.0 Å². The van der Waals surface area contributed by atoms with Crippen molar-refractivity contribution in [1.82, 2.24) is 15.2 Å². The van der Waals surface area contributed by atoms with Crippen molar-refractivity contribution in [2.75, 3.05) is 13.1 Å². The lowest BCUT2D eigenvalue weighted by atomic mass is 10.1. The lowest BCUT2D eigenvalue weighted by Gasteiger charge is -2.31. The molecule has 32 heavy (non-hydrogen) atoms. The van der Waals surface area contributed by atoms with Crippen LogP contribution < -0.4 is 5.32 Å². The van der Waals surface area contributed by atoms with Gasteiger partial charge in [0.25, 0.3) is 0 Å². The number of aromatic nitrogens is 1. The van der Waals surface area contributed by atoms with Crippen LogP contribution in [0.15, 0.2) is 78.2 Å². The highest BCUT2D eigenvalue weighted by atomic mass is 19.1. The molecule has 3 nitrogen and oxygen atoms in total. The van der Waals surface area contributed by atoms with Crippen molar-refractivity contribution < 1.29 is 8.78 Å². The second kappa shape index (κ2) is 9.94. The molecule has 1 aliphatic heterocycles. The van der Waals surface area contributed by atoms with Crippen LogP contribution in [0, 0.1) is 11.6 Å². The minimum atomic E-state index is -0.540. The molecule has 5 heteroatoms. The van der Waals surface area contributed by atoms with Gasteiger partial charge < -0.3 is 10.2 Å². The van der Waals surface area contributed by atoms with Gasteiger partial charge >= 0.3 is 0 Å². The normalized spacial score (nSPS) is 16.7. The van der Waals surface area contributed by atoms with Crippen molar-refractivity contribution >= 4 is 5.70 Å². The summed E-state index contributed by atoms with van der Waals surface area (Å²) in [6.07, 6.45) is 11.5. The quantitative estimate of drug-likeness (QED) is 0.500. The van der Waals surface area contributed by atoms with Crippen LogP contribution in [-0.2, 0) is 0 Å². The molecule has 1 saturated heterocycles. The Morgan fingerprint density at radius 1 is 1.03 bits per heavy atom. The second-order valence-electron chi connectivity index (χ2n) is 8.16. The lowest BCUT2D eigenvalue weighted by molar-refractivity contribution is 0.290. The molecule has 0 atom stereocenters. The molecule has 1 N–H and O–H groups in total. The largest absolute Gasteiger partial charge is 0.370 e. The van der Waals surface area contributed by atoms with E-state index in [-0.39, 0.29) is 11.3 Å². The first-order chi connectivity index (χ1) is 15.6. The molecule has 0 bridgehead atoms. The molecular formula is C27H29F2N3. The zero-order valence-electron chi connectivity index (χ0n) is 18.5. The number of benzene rings is 1. The number of hydrogen-bond donors (Lipinski definition) is 1. The summed E-state index contributed by atoms with van der Waals surface area (Å²) in [5.74, 6) is -1.03. The maximum atomic E-state index is 14.6. The van der Waals surface area contributed by atoms with Crippen molar-refractivity contribution in [3.63, 3.8) is 0 Å². The number of likely N-dealkylation sites (tertiary alicyclic amines) is 1. The van der Waals surface area contributed by atoms with Gasteiger partial charge in [0, 0.05) is 18.7 Å². The van der Waals surface area contributed by atoms with Gasteiger partial charge in [-0.2, -0.15) is 0 Å². The van der Waals surface area contributed by atoms with E-state index in [1.165, 1.54) is 37.0 Å². The number of allylic oxidation sites excluding steroid dienone is 4. The third-order valence-corrected chi connectivity index (χ3v) is 5.85. The van der Waals surface area contributed by atoms with E-state index in [9.17, 15) is 8.78 Å². The van der Waals surface area contributed by atoms with Crippen LogP contribution in [0.5, 0.6) is 0 Å². The first-order valence-corrected chi connectivity index (χ1v) is 11.3. The first kappa shape index (κ1) is 22.0. The van der Waals surface area contributed by atoms with Crippen LogP contribution >= 0.6 is 0 Å². The SMILES string of the molecule is C=C/C(NC(=C1CC1)c1ccc(F)c(-c2ccccc2F)n1)=C(\C=C/C)N1CCCCC1. The Labute approximate surface area is 188 Å². The fraction of sp³-hybridized carbons (Fsp3) is 0.296. The average Bonchev–Trinajstić information content (AvgIpc) is 3.66. The number of nitrogens with zero attached hydrogens (tertiary/aromatic N) is 2. The van der Waals surface area contributed by atoms with Gasteiger partial charge in [-0.25, -0.2) is 13.8 Å². The van der Waals surface area contributed by atoms with E-state index in [1.54, 1.807) is 24.3 Å². The summed E-state index contributed by atoms with van der Waals surface area (Å²) in [4.78, 5) is 6.93. The summed E-state index contributed by atoms with van der Waals surface area (Å²) < 4.78 is 29.0. The van der Waals surface area contributed by atoms with Gasteiger partial charge in [0.1, 0.15) is 17.3 Å². The highest BCUT2D eigenvalue weighted by Gasteiger charge is 2.23. The van der Waals surface area contributed by atoms with Gasteiger partial charge in [0.2, 0.25) is 0 Å². The van der Waals surface area contributed by atoms with Crippen LogP contribution in [0.1, 0.15) is 44.7 Å². The molecule has 1 aromatic carbocycles. The first-order valence-electron chi connectivity index (χ1n) is 11.3. The maximum Gasteiger partial charge on any atom is 0.149 e. The van der Waals surface area contributed by atoms with Crippen LogP contribution in [0.4, 0.5) is 8.78 Å². The van der Waals surface area contributed by atoms with Gasteiger partial charge in [-0.15, -0.1) is 0 Å². The molecule has 4 rings (SSSR count). The Morgan fingerprint density at radius 2 is 1.78 bits per heavy atom. The van der Waals surface area contributed by atoms with Gasteiger partial charge in [-0.3, -0.25) is 0 Å². The van der Waals surface area contributed by atoms with Crippen LogP contribution in [0.2, 0.25) is 0 Å². The summed E-state index contributed by atoms with van der Waals surface area (Å²) in [6, 6.07) is 9.17. The van der Waals surface area contributed by atoms with Gasteiger partial charge in [0.15, 0.2) is 0 Å². The molecule has 1 saturated carbocycles. The molecule has 0 spiro atoms. The molecule has 0 unspecified atom stereocenters. The highest BCUT2D eigenvalue weighted by Crippen LogP contribution is 2.36. The minimum absolute atomic E-state index is 0.0231.